The third-order valence-electron chi connectivity index (χ3n) is 6.45. The topological polar surface area (TPSA) is 107 Å². The van der Waals surface area contributed by atoms with Crippen LogP contribution in [-0.2, 0) is 9.53 Å². The van der Waals surface area contributed by atoms with Crippen molar-refractivity contribution in [2.45, 2.75) is 103 Å². The van der Waals surface area contributed by atoms with Gasteiger partial charge < -0.3 is 25.2 Å². The number of ether oxygens (including phenoxy) is 1. The second kappa shape index (κ2) is 20.4. The Labute approximate surface area is 235 Å². The molecule has 218 valence electrons. The van der Waals surface area contributed by atoms with Gasteiger partial charge in [-0.25, -0.2) is 0 Å². The molecule has 0 aliphatic carbocycles. The van der Waals surface area contributed by atoms with Crippen molar-refractivity contribution < 1.29 is 30.0 Å². The summed E-state index contributed by atoms with van der Waals surface area (Å²) in [5.74, 6) is -0.495. The smallest absolute Gasteiger partial charge is 0.309 e. The van der Waals surface area contributed by atoms with Gasteiger partial charge in [-0.2, -0.15) is 0 Å². The predicted octanol–water partition coefficient (Wildman–Crippen LogP) is 5.66. The summed E-state index contributed by atoms with van der Waals surface area (Å²) < 4.78 is 5.73. The number of aliphatic hydroxyl groups excluding tert-OH is 4. The molecule has 6 nitrogen and oxygen atoms in total. The molecule has 0 aromatic heterocycles. The molecule has 0 saturated carbocycles. The summed E-state index contributed by atoms with van der Waals surface area (Å²) in [6.07, 6.45) is 22.4. The maximum absolute atomic E-state index is 12.7. The van der Waals surface area contributed by atoms with E-state index in [1.54, 1.807) is 6.08 Å². The fraction of sp³-hybridized carbons (Fsp3) is 0.545. The van der Waals surface area contributed by atoms with E-state index in [0.717, 1.165) is 12.0 Å². The summed E-state index contributed by atoms with van der Waals surface area (Å²) in [4.78, 5) is 12.7. The molecule has 0 aromatic rings. The summed E-state index contributed by atoms with van der Waals surface area (Å²) in [6, 6.07) is 0. The highest BCUT2D eigenvalue weighted by Crippen LogP contribution is 2.18. The van der Waals surface area contributed by atoms with Crippen LogP contribution < -0.4 is 0 Å². The summed E-state index contributed by atoms with van der Waals surface area (Å²) in [7, 11) is 0. The van der Waals surface area contributed by atoms with E-state index in [-0.39, 0.29) is 24.7 Å². The Kier molecular flexibility index (Phi) is 18.1. The zero-order valence-electron chi connectivity index (χ0n) is 23.9. The van der Waals surface area contributed by atoms with E-state index < -0.39 is 36.5 Å². The zero-order chi connectivity index (χ0) is 29.0. The van der Waals surface area contributed by atoms with Crippen LogP contribution >= 0.6 is 0 Å². The minimum atomic E-state index is -1.06. The van der Waals surface area contributed by atoms with Gasteiger partial charge in [-0.05, 0) is 57.4 Å². The molecule has 0 spiro atoms. The van der Waals surface area contributed by atoms with Gasteiger partial charge in [0, 0.05) is 12.3 Å². The van der Waals surface area contributed by atoms with Crippen molar-refractivity contribution in [3.63, 3.8) is 0 Å². The Morgan fingerprint density at radius 3 is 2.36 bits per heavy atom. The van der Waals surface area contributed by atoms with Crippen LogP contribution in [0.5, 0.6) is 0 Å². The number of hydrogen-bond acceptors (Lipinski definition) is 6. The van der Waals surface area contributed by atoms with Crippen molar-refractivity contribution in [1.29, 1.82) is 0 Å². The number of carbonyl (C=O) groups is 1. The Morgan fingerprint density at radius 1 is 0.974 bits per heavy atom. The molecule has 39 heavy (non-hydrogen) atoms. The molecule has 7 unspecified atom stereocenters. The monoisotopic (exact) mass is 542 g/mol. The predicted molar refractivity (Wildman–Crippen MR) is 159 cm³/mol. The molecule has 1 aliphatic rings. The van der Waals surface area contributed by atoms with E-state index in [1.807, 2.05) is 81.5 Å². The van der Waals surface area contributed by atoms with E-state index in [1.165, 1.54) is 6.08 Å². The van der Waals surface area contributed by atoms with E-state index in [9.17, 15) is 25.2 Å². The Hall–Kier alpha value is -2.51. The number of esters is 1. The van der Waals surface area contributed by atoms with E-state index in [4.69, 9.17) is 4.74 Å². The second-order valence-electron chi connectivity index (χ2n) is 10.6. The highest BCUT2D eigenvalue weighted by Gasteiger charge is 2.21. The summed E-state index contributed by atoms with van der Waals surface area (Å²) in [6.45, 7) is 9.63. The molecule has 0 saturated heterocycles. The maximum atomic E-state index is 12.7. The number of cyclic esters (lactones) is 1. The van der Waals surface area contributed by atoms with Crippen molar-refractivity contribution >= 4 is 5.97 Å². The molecule has 7 atom stereocenters. The van der Waals surface area contributed by atoms with Gasteiger partial charge in [0.2, 0.25) is 0 Å². The molecule has 1 heterocycles. The molecule has 0 aromatic carbocycles. The van der Waals surface area contributed by atoms with Gasteiger partial charge in [0.05, 0.1) is 30.8 Å². The number of hydrogen-bond donors (Lipinski definition) is 4. The number of aliphatic hydroxyl groups is 4. The number of carbonyl (C=O) groups excluding carboxylic acids is 1. The number of rotatable bonds is 5. The first-order valence-corrected chi connectivity index (χ1v) is 14.1. The third kappa shape index (κ3) is 17.6. The molecule has 1 rings (SSSR count). The summed E-state index contributed by atoms with van der Waals surface area (Å²) in [5, 5.41) is 41.2. The molecule has 0 amide bonds. The largest absolute Gasteiger partial charge is 0.457 e. The Balaban J connectivity index is 3.02. The molecular weight excluding hydrogens is 492 g/mol. The van der Waals surface area contributed by atoms with Crippen molar-refractivity contribution in [3.05, 3.63) is 85.1 Å². The molecule has 0 radical (unpaired) electrons. The van der Waals surface area contributed by atoms with Crippen LogP contribution in [0.2, 0.25) is 0 Å². The number of allylic oxidation sites excluding steroid dienone is 8. The van der Waals surface area contributed by atoms with Crippen LogP contribution in [0, 0.1) is 11.8 Å². The van der Waals surface area contributed by atoms with Crippen LogP contribution in [0.1, 0.15) is 72.1 Å². The van der Waals surface area contributed by atoms with Gasteiger partial charge in [-0.1, -0.05) is 86.3 Å². The molecule has 1 aliphatic heterocycles. The van der Waals surface area contributed by atoms with E-state index in [0.29, 0.717) is 32.1 Å². The molecule has 0 bridgehead atoms. The van der Waals surface area contributed by atoms with Crippen LogP contribution in [0.25, 0.3) is 0 Å². The SMILES string of the molecule is C=CC\C=C/C=C(C)/C=C/C1OC(=O)CC(O)CC(O)C=CCC(O)CC(C)CC(O)CC=CCC=CC1C. The average Bonchev–Trinajstić information content (AvgIpc) is 2.85. The second-order valence-corrected chi connectivity index (χ2v) is 10.6. The van der Waals surface area contributed by atoms with Gasteiger partial charge in [0.15, 0.2) is 0 Å². The molecule has 0 fully saturated rings. The highest BCUT2D eigenvalue weighted by atomic mass is 16.5. The minimum Gasteiger partial charge on any atom is -0.457 e. The maximum Gasteiger partial charge on any atom is 0.309 e. The molecular formula is C33H50O6. The Bertz CT molecular complexity index is 881. The van der Waals surface area contributed by atoms with Crippen molar-refractivity contribution in [2.75, 3.05) is 0 Å². The molecule has 4 N–H and O–H groups in total. The lowest BCUT2D eigenvalue weighted by Gasteiger charge is -2.20. The first kappa shape index (κ1) is 34.5. The van der Waals surface area contributed by atoms with E-state index >= 15 is 0 Å². The normalized spacial score (nSPS) is 31.6. The quantitative estimate of drug-likeness (QED) is 0.203. The van der Waals surface area contributed by atoms with Crippen molar-refractivity contribution in [3.8, 4) is 0 Å². The third-order valence-corrected chi connectivity index (χ3v) is 6.45. The lowest BCUT2D eigenvalue weighted by Crippen LogP contribution is -2.26. The average molecular weight is 543 g/mol. The standard InChI is InChI=1S/C33H50O6/c1-5-6-7-10-14-25(2)19-20-32-27(4)15-11-8-9-12-16-28(34)21-26(3)22-29(35)17-13-18-30(36)23-31(37)24-33(38)39-32/h5,7,9-15,18-20,26-32,34-37H,1,6,8,16-17,21-24H2,2-4H3/b10-7-,12-9?,15-11?,18-13?,20-19+,25-14+. The lowest BCUT2D eigenvalue weighted by atomic mass is 9.94. The summed E-state index contributed by atoms with van der Waals surface area (Å²) >= 11 is 0. The molecule has 6 heteroatoms. The van der Waals surface area contributed by atoms with Gasteiger partial charge in [0.1, 0.15) is 6.10 Å². The fourth-order valence-corrected chi connectivity index (χ4v) is 4.29. The van der Waals surface area contributed by atoms with E-state index in [2.05, 4.69) is 6.58 Å². The van der Waals surface area contributed by atoms with Gasteiger partial charge in [-0.15, -0.1) is 6.58 Å². The first-order chi connectivity index (χ1) is 18.6. The van der Waals surface area contributed by atoms with Crippen LogP contribution in [0.3, 0.4) is 0 Å². The van der Waals surface area contributed by atoms with Crippen LogP contribution in [0.4, 0.5) is 0 Å². The Morgan fingerprint density at radius 2 is 1.67 bits per heavy atom. The van der Waals surface area contributed by atoms with Crippen molar-refractivity contribution in [2.24, 2.45) is 11.8 Å². The van der Waals surface area contributed by atoms with Crippen molar-refractivity contribution in [1.82, 2.24) is 0 Å². The zero-order valence-corrected chi connectivity index (χ0v) is 23.9. The summed E-state index contributed by atoms with van der Waals surface area (Å²) in [5.41, 5.74) is 0.997. The van der Waals surface area contributed by atoms with Gasteiger partial charge in [-0.3, -0.25) is 4.79 Å². The van der Waals surface area contributed by atoms with Crippen LogP contribution in [-0.4, -0.2) is 56.9 Å². The highest BCUT2D eigenvalue weighted by molar-refractivity contribution is 5.70. The fourth-order valence-electron chi connectivity index (χ4n) is 4.29. The first-order valence-electron chi connectivity index (χ1n) is 14.1. The minimum absolute atomic E-state index is 0.00846. The lowest BCUT2D eigenvalue weighted by molar-refractivity contribution is -0.150. The van der Waals surface area contributed by atoms with Crippen LogP contribution in [0.15, 0.2) is 85.1 Å². The van der Waals surface area contributed by atoms with Gasteiger partial charge in [0.25, 0.3) is 0 Å². The van der Waals surface area contributed by atoms with Gasteiger partial charge >= 0.3 is 5.97 Å².